The van der Waals surface area contributed by atoms with E-state index in [1.165, 1.54) is 5.57 Å². The van der Waals surface area contributed by atoms with Crippen LogP contribution in [-0.2, 0) is 23.8 Å². The number of ether oxygens (including phenoxy) is 3. The SMILES string of the molecule is CO[C@@H]1C[C@]23COCC(C2CCC2C3=CC(=O)C3C2CCC(CC(C)C)C3C(=O)O)[C@H]1OCCNN(C)C. The molecule has 7 unspecified atom stereocenters. The molecule has 1 saturated heterocycles. The predicted molar refractivity (Wildman–Crippen MR) is 143 cm³/mol. The highest BCUT2D eigenvalue weighted by Crippen LogP contribution is 2.64. The third-order valence-corrected chi connectivity index (χ3v) is 10.6. The van der Waals surface area contributed by atoms with Crippen LogP contribution >= 0.6 is 0 Å². The Morgan fingerprint density at radius 1 is 1.24 bits per heavy atom. The Hall–Kier alpha value is -1.32. The molecule has 1 aliphatic heterocycles. The van der Waals surface area contributed by atoms with Gasteiger partial charge < -0.3 is 19.3 Å². The summed E-state index contributed by atoms with van der Waals surface area (Å²) in [6.45, 7) is 6.91. The maximum Gasteiger partial charge on any atom is 0.307 e. The highest BCUT2D eigenvalue weighted by atomic mass is 16.5. The first-order valence-corrected chi connectivity index (χ1v) is 14.8. The monoisotopic (exact) mass is 532 g/mol. The predicted octanol–water partition coefficient (Wildman–Crippen LogP) is 3.41. The van der Waals surface area contributed by atoms with E-state index in [-0.39, 0.29) is 47.1 Å². The molecule has 1 heterocycles. The Labute approximate surface area is 227 Å². The van der Waals surface area contributed by atoms with Gasteiger partial charge in [0.15, 0.2) is 5.78 Å². The van der Waals surface area contributed by atoms with Crippen molar-refractivity contribution in [2.75, 3.05) is 47.6 Å². The Morgan fingerprint density at radius 3 is 2.71 bits per heavy atom. The number of carbonyl (C=O) groups excluding carboxylic acids is 1. The van der Waals surface area contributed by atoms with Gasteiger partial charge in [0.1, 0.15) is 0 Å². The fourth-order valence-electron chi connectivity index (χ4n) is 9.33. The molecule has 8 nitrogen and oxygen atoms in total. The Kier molecular flexibility index (Phi) is 8.38. The summed E-state index contributed by atoms with van der Waals surface area (Å²) in [6.07, 6.45) is 7.42. The van der Waals surface area contributed by atoms with Crippen molar-refractivity contribution in [3.63, 3.8) is 0 Å². The normalized spacial score (nSPS) is 42.3. The number of carbonyl (C=O) groups is 2. The first-order chi connectivity index (χ1) is 18.2. The number of hydrogen-bond donors (Lipinski definition) is 2. The van der Waals surface area contributed by atoms with Crippen molar-refractivity contribution >= 4 is 11.8 Å². The maximum atomic E-state index is 13.9. The summed E-state index contributed by atoms with van der Waals surface area (Å²) in [5.74, 6) is -0.197. The Balaban J connectivity index is 1.43. The molecule has 5 aliphatic rings. The quantitative estimate of drug-likeness (QED) is 0.345. The number of ketones is 1. The average molecular weight is 533 g/mol. The smallest absolute Gasteiger partial charge is 0.307 e. The van der Waals surface area contributed by atoms with Crippen molar-refractivity contribution in [3.8, 4) is 0 Å². The highest BCUT2D eigenvalue weighted by molar-refractivity contribution is 5.97. The average Bonchev–Trinajstić information content (AvgIpc) is 2.86. The van der Waals surface area contributed by atoms with E-state index in [1.54, 1.807) is 7.11 Å². The lowest BCUT2D eigenvalue weighted by molar-refractivity contribution is -0.220. The van der Waals surface area contributed by atoms with Crippen LogP contribution in [0.15, 0.2) is 11.6 Å². The van der Waals surface area contributed by atoms with Crippen LogP contribution in [0, 0.1) is 52.8 Å². The van der Waals surface area contributed by atoms with Crippen LogP contribution in [0.1, 0.15) is 52.4 Å². The van der Waals surface area contributed by atoms with Gasteiger partial charge >= 0.3 is 5.97 Å². The molecule has 8 heteroatoms. The lowest BCUT2D eigenvalue weighted by Crippen LogP contribution is -2.64. The minimum atomic E-state index is -0.788. The second-order valence-corrected chi connectivity index (χ2v) is 13.3. The largest absolute Gasteiger partial charge is 0.481 e. The molecule has 2 bridgehead atoms. The number of hydrogen-bond acceptors (Lipinski definition) is 7. The zero-order valence-corrected chi connectivity index (χ0v) is 23.9. The van der Waals surface area contributed by atoms with E-state index < -0.39 is 17.8 Å². The molecule has 214 valence electrons. The van der Waals surface area contributed by atoms with Crippen LogP contribution in [0.2, 0.25) is 0 Å². The molecule has 4 fully saturated rings. The standard InChI is InChI=1S/C30H48N2O6/c1-17(2)12-18-6-7-20-19-8-9-22-21-15-37-16-30(22,23(19)13-24(33)27(20)26(18)29(34)35)14-25(36-5)28(21)38-11-10-31-32(3)4/h13,17-22,25-28,31H,6-12,14-16H2,1-5H3,(H,34,35)/t18?,19?,20?,21?,22?,25-,26?,27?,28-,30+/m1/s1. The minimum Gasteiger partial charge on any atom is -0.481 e. The third-order valence-electron chi connectivity index (χ3n) is 10.6. The lowest BCUT2D eigenvalue weighted by atomic mass is 9.45. The zero-order valence-electron chi connectivity index (χ0n) is 23.9. The van der Waals surface area contributed by atoms with Crippen LogP contribution in [-0.4, -0.2) is 81.6 Å². The first kappa shape index (κ1) is 28.2. The molecule has 0 aromatic heterocycles. The van der Waals surface area contributed by atoms with E-state index in [0.29, 0.717) is 31.7 Å². The van der Waals surface area contributed by atoms with Crippen LogP contribution < -0.4 is 5.43 Å². The molecule has 38 heavy (non-hydrogen) atoms. The molecule has 5 rings (SSSR count). The summed E-state index contributed by atoms with van der Waals surface area (Å²) in [6, 6.07) is 0. The van der Waals surface area contributed by atoms with Gasteiger partial charge in [-0.25, -0.2) is 0 Å². The summed E-state index contributed by atoms with van der Waals surface area (Å²) in [7, 11) is 5.72. The number of carboxylic acids is 1. The molecule has 0 spiro atoms. The zero-order chi connectivity index (χ0) is 27.2. The molecule has 0 aromatic carbocycles. The summed E-state index contributed by atoms with van der Waals surface area (Å²) in [5, 5.41) is 12.2. The summed E-state index contributed by atoms with van der Waals surface area (Å²) >= 11 is 0. The van der Waals surface area contributed by atoms with E-state index in [9.17, 15) is 14.7 Å². The maximum absolute atomic E-state index is 13.9. The molecule has 3 saturated carbocycles. The van der Waals surface area contributed by atoms with Gasteiger partial charge in [0.25, 0.3) is 0 Å². The van der Waals surface area contributed by atoms with Crippen molar-refractivity contribution < 1.29 is 28.9 Å². The number of allylic oxidation sites excluding steroid dienone is 1. The van der Waals surface area contributed by atoms with E-state index in [4.69, 9.17) is 14.2 Å². The minimum absolute atomic E-state index is 0.0329. The number of nitrogens with zero attached hydrogens (tertiary/aromatic N) is 1. The van der Waals surface area contributed by atoms with Crippen molar-refractivity contribution in [3.05, 3.63) is 11.6 Å². The van der Waals surface area contributed by atoms with Gasteiger partial charge in [-0.05, 0) is 74.2 Å². The molecule has 0 aromatic rings. The van der Waals surface area contributed by atoms with Gasteiger partial charge in [0, 0.05) is 45.0 Å². The van der Waals surface area contributed by atoms with Gasteiger partial charge in [-0.3, -0.25) is 20.0 Å². The fraction of sp³-hybridized carbons (Fsp3) is 0.867. The molecule has 2 N–H and O–H groups in total. The van der Waals surface area contributed by atoms with E-state index in [1.807, 2.05) is 25.2 Å². The van der Waals surface area contributed by atoms with Gasteiger partial charge in [-0.15, -0.1) is 0 Å². The van der Waals surface area contributed by atoms with Crippen molar-refractivity contribution in [1.29, 1.82) is 0 Å². The molecule has 0 radical (unpaired) electrons. The number of hydrazine groups is 1. The van der Waals surface area contributed by atoms with Crippen LogP contribution in [0.4, 0.5) is 0 Å². The number of fused-ring (bicyclic) bond motifs is 3. The van der Waals surface area contributed by atoms with Gasteiger partial charge in [0.2, 0.25) is 0 Å². The van der Waals surface area contributed by atoms with Gasteiger partial charge in [0.05, 0.1) is 37.9 Å². The molecular weight excluding hydrogens is 484 g/mol. The summed E-state index contributed by atoms with van der Waals surface area (Å²) < 4.78 is 18.8. The van der Waals surface area contributed by atoms with E-state index in [2.05, 4.69) is 19.3 Å². The number of rotatable bonds is 9. The number of aliphatic carboxylic acids is 1. The number of nitrogens with one attached hydrogen (secondary N) is 1. The highest BCUT2D eigenvalue weighted by Gasteiger charge is 2.63. The van der Waals surface area contributed by atoms with Crippen LogP contribution in [0.5, 0.6) is 0 Å². The molecule has 0 amide bonds. The van der Waals surface area contributed by atoms with E-state index in [0.717, 1.165) is 45.1 Å². The Morgan fingerprint density at radius 2 is 2.03 bits per heavy atom. The summed E-state index contributed by atoms with van der Waals surface area (Å²) in [5.41, 5.74) is 4.29. The van der Waals surface area contributed by atoms with Crippen LogP contribution in [0.25, 0.3) is 0 Å². The number of methoxy groups -OCH3 is 1. The lowest BCUT2D eigenvalue weighted by Gasteiger charge is -2.63. The van der Waals surface area contributed by atoms with Gasteiger partial charge in [-0.1, -0.05) is 19.4 Å². The second-order valence-electron chi connectivity index (χ2n) is 13.3. The van der Waals surface area contributed by atoms with Crippen molar-refractivity contribution in [2.45, 2.75) is 64.6 Å². The number of carboxylic acid groups (broad SMARTS) is 1. The molecule has 4 aliphatic carbocycles. The van der Waals surface area contributed by atoms with Crippen molar-refractivity contribution in [2.24, 2.45) is 52.8 Å². The molecular formula is C30H48N2O6. The van der Waals surface area contributed by atoms with Crippen molar-refractivity contribution in [1.82, 2.24) is 10.4 Å². The fourth-order valence-corrected chi connectivity index (χ4v) is 9.33. The van der Waals surface area contributed by atoms with E-state index >= 15 is 0 Å². The molecule has 10 atom stereocenters. The Bertz CT molecular complexity index is 920. The van der Waals surface area contributed by atoms with Crippen LogP contribution in [0.3, 0.4) is 0 Å². The third kappa shape index (κ3) is 4.89. The topological polar surface area (TPSA) is 97.3 Å². The second kappa shape index (κ2) is 11.3. The van der Waals surface area contributed by atoms with Gasteiger partial charge in [-0.2, -0.15) is 0 Å². The summed E-state index contributed by atoms with van der Waals surface area (Å²) in [4.78, 5) is 26.4. The first-order valence-electron chi connectivity index (χ1n) is 14.8.